The molecule has 0 bridgehead atoms. The molecule has 4 rings (SSSR count). The highest BCUT2D eigenvalue weighted by Gasteiger charge is 2.38. The van der Waals surface area contributed by atoms with Gasteiger partial charge in [0.15, 0.2) is 5.82 Å². The number of halogens is 1. The minimum atomic E-state index is -1.23. The smallest absolute Gasteiger partial charge is 0.414 e. The van der Waals surface area contributed by atoms with Crippen LogP contribution in [0.25, 0.3) is 5.69 Å². The molecule has 1 unspecified atom stereocenters. The second-order valence-electron chi connectivity index (χ2n) is 8.23. The number of aromatic nitrogens is 5. The first-order valence-corrected chi connectivity index (χ1v) is 11.2. The second-order valence-corrected chi connectivity index (χ2v) is 8.23. The Morgan fingerprint density at radius 2 is 2.05 bits per heavy atom. The standard InChI is InChI=1S/C23H23FN6O7/c1-14(31)19(22(33)36-13-35-15(2)32)9-18-12-29(23(34)37-18)17-4-5-21(20(24)8-17)30-11-16(26-27-30)10-28-7-3-6-25-28/h3-8,11,18-19H,9-10,12-13H2,1-2H3/t18-,19?/m0/s1. The molecule has 1 amide bonds. The van der Waals surface area contributed by atoms with Crippen LogP contribution >= 0.6 is 0 Å². The van der Waals surface area contributed by atoms with Crippen LogP contribution in [0.2, 0.25) is 0 Å². The van der Waals surface area contributed by atoms with Gasteiger partial charge in [-0.25, -0.2) is 13.9 Å². The Morgan fingerprint density at radius 1 is 1.24 bits per heavy atom. The molecule has 0 saturated carbocycles. The Hall–Kier alpha value is -4.62. The molecule has 0 N–H and O–H groups in total. The lowest BCUT2D eigenvalue weighted by molar-refractivity contribution is -0.170. The van der Waals surface area contributed by atoms with Gasteiger partial charge in [-0.1, -0.05) is 5.21 Å². The number of hydrogen-bond acceptors (Lipinski definition) is 10. The van der Waals surface area contributed by atoms with Crippen molar-refractivity contribution in [3.05, 3.63) is 54.4 Å². The number of rotatable bonds is 10. The van der Waals surface area contributed by atoms with E-state index in [1.165, 1.54) is 28.6 Å². The number of anilines is 1. The number of ketones is 1. The van der Waals surface area contributed by atoms with Crippen LogP contribution in [0.4, 0.5) is 14.9 Å². The van der Waals surface area contributed by atoms with Crippen LogP contribution in [0, 0.1) is 11.7 Å². The fourth-order valence-corrected chi connectivity index (χ4v) is 3.72. The fourth-order valence-electron chi connectivity index (χ4n) is 3.72. The Bertz CT molecular complexity index is 1310. The van der Waals surface area contributed by atoms with Gasteiger partial charge >= 0.3 is 18.0 Å². The average molecular weight is 514 g/mol. The summed E-state index contributed by atoms with van der Waals surface area (Å²) in [6.07, 6.45) is 3.24. The van der Waals surface area contributed by atoms with Crippen LogP contribution in [0.3, 0.4) is 0 Å². The van der Waals surface area contributed by atoms with Crippen molar-refractivity contribution in [3.63, 3.8) is 0 Å². The zero-order chi connectivity index (χ0) is 26.5. The molecule has 37 heavy (non-hydrogen) atoms. The second kappa shape index (κ2) is 11.0. The number of amides is 1. The van der Waals surface area contributed by atoms with E-state index >= 15 is 0 Å². The predicted octanol–water partition coefficient (Wildman–Crippen LogP) is 1.64. The number of ether oxygens (including phenoxy) is 3. The zero-order valence-electron chi connectivity index (χ0n) is 19.9. The minimum Gasteiger partial charge on any atom is -0.444 e. The van der Waals surface area contributed by atoms with Gasteiger partial charge in [0.2, 0.25) is 6.79 Å². The molecular weight excluding hydrogens is 491 g/mol. The van der Waals surface area contributed by atoms with Crippen LogP contribution in [0.1, 0.15) is 26.0 Å². The fraction of sp³-hybridized carbons (Fsp3) is 0.348. The lowest BCUT2D eigenvalue weighted by Gasteiger charge is -2.16. The number of cyclic esters (lactones) is 1. The number of esters is 2. The SMILES string of the molecule is CC(=O)OCOC(=O)C(C[C@H]1CN(c2ccc(-n3cc(Cn4cccn4)nn3)c(F)c2)C(=O)O1)C(C)=O. The highest BCUT2D eigenvalue weighted by Crippen LogP contribution is 2.28. The summed E-state index contributed by atoms with van der Waals surface area (Å²) in [5.74, 6) is -3.93. The number of carbonyl (C=O) groups excluding carboxylic acids is 4. The normalized spacial score (nSPS) is 15.8. The molecule has 3 heterocycles. The molecule has 0 aliphatic carbocycles. The lowest BCUT2D eigenvalue weighted by atomic mass is 9.97. The third-order valence-electron chi connectivity index (χ3n) is 5.53. The van der Waals surface area contributed by atoms with Crippen molar-refractivity contribution < 1.29 is 37.8 Å². The van der Waals surface area contributed by atoms with Crippen LogP contribution in [-0.2, 0) is 35.1 Å². The van der Waals surface area contributed by atoms with Crippen LogP contribution in [0.15, 0.2) is 42.9 Å². The molecule has 1 aromatic carbocycles. The van der Waals surface area contributed by atoms with E-state index in [1.807, 2.05) is 0 Å². The Morgan fingerprint density at radius 3 is 2.73 bits per heavy atom. The molecule has 1 saturated heterocycles. The van der Waals surface area contributed by atoms with Gasteiger partial charge in [0, 0.05) is 25.7 Å². The number of Topliss-reactive ketones (excluding diaryl/α,β-unsaturated/α-hetero) is 1. The van der Waals surface area contributed by atoms with Crippen molar-refractivity contribution in [2.45, 2.75) is 32.9 Å². The minimum absolute atomic E-state index is 0.0179. The van der Waals surface area contributed by atoms with Crippen LogP contribution in [-0.4, -0.2) is 68.0 Å². The maximum Gasteiger partial charge on any atom is 0.414 e. The van der Waals surface area contributed by atoms with Crippen molar-refractivity contribution in [3.8, 4) is 5.69 Å². The van der Waals surface area contributed by atoms with E-state index in [9.17, 15) is 23.6 Å². The van der Waals surface area contributed by atoms with E-state index in [-0.39, 0.29) is 24.3 Å². The van der Waals surface area contributed by atoms with Gasteiger partial charge < -0.3 is 14.2 Å². The van der Waals surface area contributed by atoms with Gasteiger partial charge in [0.05, 0.1) is 25.0 Å². The van der Waals surface area contributed by atoms with Gasteiger partial charge in [0.1, 0.15) is 29.2 Å². The zero-order valence-corrected chi connectivity index (χ0v) is 19.9. The topological polar surface area (TPSA) is 148 Å². The van der Waals surface area contributed by atoms with Gasteiger partial charge in [-0.3, -0.25) is 24.0 Å². The summed E-state index contributed by atoms with van der Waals surface area (Å²) in [5, 5.41) is 12.1. The van der Waals surface area contributed by atoms with E-state index in [0.29, 0.717) is 12.2 Å². The molecule has 1 aliphatic rings. The summed E-state index contributed by atoms with van der Waals surface area (Å²) >= 11 is 0. The van der Waals surface area contributed by atoms with Gasteiger partial charge in [0.25, 0.3) is 0 Å². The van der Waals surface area contributed by atoms with E-state index in [1.54, 1.807) is 29.3 Å². The molecule has 194 valence electrons. The monoisotopic (exact) mass is 514 g/mol. The van der Waals surface area contributed by atoms with Gasteiger partial charge in [-0.05, 0) is 31.2 Å². The molecule has 0 spiro atoms. The van der Waals surface area contributed by atoms with Gasteiger partial charge in [-0.15, -0.1) is 5.10 Å². The molecule has 2 aromatic heterocycles. The van der Waals surface area contributed by atoms with Gasteiger partial charge in [-0.2, -0.15) is 5.10 Å². The highest BCUT2D eigenvalue weighted by atomic mass is 19.1. The average Bonchev–Trinajstić information content (AvgIpc) is 3.59. The molecule has 1 fully saturated rings. The molecular formula is C23H23FN6O7. The largest absolute Gasteiger partial charge is 0.444 e. The van der Waals surface area contributed by atoms with Crippen LogP contribution < -0.4 is 4.90 Å². The number of carbonyl (C=O) groups is 4. The number of benzene rings is 1. The summed E-state index contributed by atoms with van der Waals surface area (Å²) in [7, 11) is 0. The van der Waals surface area contributed by atoms with Crippen molar-refractivity contribution in [1.82, 2.24) is 24.8 Å². The first-order chi connectivity index (χ1) is 17.7. The van der Waals surface area contributed by atoms with Crippen LogP contribution in [0.5, 0.6) is 0 Å². The maximum absolute atomic E-state index is 15.0. The quantitative estimate of drug-likeness (QED) is 0.222. The van der Waals surface area contributed by atoms with Crippen molar-refractivity contribution >= 4 is 29.5 Å². The molecule has 14 heteroatoms. The summed E-state index contributed by atoms with van der Waals surface area (Å²) in [5.41, 5.74) is 0.922. The first-order valence-electron chi connectivity index (χ1n) is 11.2. The van der Waals surface area contributed by atoms with E-state index in [2.05, 4.69) is 20.1 Å². The highest BCUT2D eigenvalue weighted by molar-refractivity contribution is 5.98. The summed E-state index contributed by atoms with van der Waals surface area (Å²) in [6, 6.07) is 5.90. The van der Waals surface area contributed by atoms with E-state index in [0.717, 1.165) is 13.0 Å². The van der Waals surface area contributed by atoms with Crippen molar-refractivity contribution in [1.29, 1.82) is 0 Å². The molecule has 13 nitrogen and oxygen atoms in total. The molecule has 0 radical (unpaired) electrons. The molecule has 2 atom stereocenters. The summed E-state index contributed by atoms with van der Waals surface area (Å²) in [4.78, 5) is 48.7. The lowest BCUT2D eigenvalue weighted by Crippen LogP contribution is -2.31. The summed E-state index contributed by atoms with van der Waals surface area (Å²) < 4.78 is 32.5. The van der Waals surface area contributed by atoms with Crippen molar-refractivity contribution in [2.75, 3.05) is 18.2 Å². The van der Waals surface area contributed by atoms with E-state index in [4.69, 9.17) is 9.47 Å². The Kier molecular flexibility index (Phi) is 7.55. The Balaban J connectivity index is 1.41. The molecule has 1 aliphatic heterocycles. The van der Waals surface area contributed by atoms with Crippen molar-refractivity contribution in [2.24, 2.45) is 5.92 Å². The number of hydrogen-bond donors (Lipinski definition) is 0. The third kappa shape index (κ3) is 6.15. The summed E-state index contributed by atoms with van der Waals surface area (Å²) in [6.45, 7) is 2.06. The Labute approximate surface area is 209 Å². The third-order valence-corrected chi connectivity index (χ3v) is 5.53. The predicted molar refractivity (Wildman–Crippen MR) is 122 cm³/mol. The van der Waals surface area contributed by atoms with E-state index < -0.39 is 48.4 Å². The number of nitrogens with zero attached hydrogens (tertiary/aromatic N) is 6. The maximum atomic E-state index is 15.0. The molecule has 3 aromatic rings. The first kappa shape index (κ1) is 25.5.